The van der Waals surface area contributed by atoms with Gasteiger partial charge in [0.15, 0.2) is 0 Å². The van der Waals surface area contributed by atoms with Crippen LogP contribution in [0.25, 0.3) is 21.6 Å². The number of ether oxygens (including phenoxy) is 3. The molecule has 2 aromatic carbocycles. The van der Waals surface area contributed by atoms with Gasteiger partial charge >= 0.3 is 12.2 Å². The summed E-state index contributed by atoms with van der Waals surface area (Å²) in [4.78, 5) is 43.5. The highest BCUT2D eigenvalue weighted by atomic mass is 35.5. The number of benzene rings is 2. The first-order valence-corrected chi connectivity index (χ1v) is 13.9. The Balaban J connectivity index is 1.94. The smallest absolute Gasteiger partial charge is 0.443 e. The number of likely N-dealkylation sites (tertiary alicyclic amines) is 1. The summed E-state index contributed by atoms with van der Waals surface area (Å²) in [6.07, 6.45) is -1.41. The number of carbonyl (C=O) groups is 3. The molecule has 10 nitrogen and oxygen atoms in total. The average molecular weight is 603 g/mol. The van der Waals surface area contributed by atoms with Gasteiger partial charge in [-0.2, -0.15) is 0 Å². The highest BCUT2D eigenvalue weighted by Gasteiger charge is 2.55. The van der Waals surface area contributed by atoms with Crippen molar-refractivity contribution in [2.45, 2.75) is 78.0 Å². The molecule has 0 saturated carbocycles. The number of halogens is 2. The maximum atomic E-state index is 14.4. The van der Waals surface area contributed by atoms with Gasteiger partial charge in [0.2, 0.25) is 5.91 Å². The Labute approximate surface area is 249 Å². The molecule has 42 heavy (non-hydrogen) atoms. The average Bonchev–Trinajstić information content (AvgIpc) is 3.14. The minimum absolute atomic E-state index is 0.0292. The predicted molar refractivity (Wildman–Crippen MR) is 155 cm³/mol. The van der Waals surface area contributed by atoms with E-state index in [1.54, 1.807) is 65.8 Å². The lowest BCUT2D eigenvalue weighted by molar-refractivity contribution is -0.138. The number of carbonyl (C=O) groups excluding carboxylic acids is 3. The third-order valence-corrected chi connectivity index (χ3v) is 6.76. The highest BCUT2D eigenvalue weighted by molar-refractivity contribution is 6.30. The van der Waals surface area contributed by atoms with Crippen LogP contribution in [-0.4, -0.2) is 53.5 Å². The molecular weight excluding hydrogens is 567 g/mol. The van der Waals surface area contributed by atoms with Gasteiger partial charge in [0.05, 0.1) is 5.41 Å². The molecule has 2 aromatic rings. The fourth-order valence-electron chi connectivity index (χ4n) is 4.76. The van der Waals surface area contributed by atoms with E-state index in [0.717, 1.165) is 10.5 Å². The number of hydrogen-bond donors (Lipinski definition) is 0. The van der Waals surface area contributed by atoms with Crippen LogP contribution >= 0.6 is 11.6 Å². The summed E-state index contributed by atoms with van der Waals surface area (Å²) in [5.41, 5.74) is 7.50. The standard InChI is InChI=1S/C30H36ClFN4O6/c1-28(2,3)41-26(38)36-22(15-19-7-9-20(10-8-19)23-16-21(31)11-12-24(23)32)17-30(25(36)37,13-14-34-35-33)18-40-27(39)42-29(4,5)6/h7-12,16,22H,13-15,17-18H2,1-6H3/t22-,30?/m1/s1. The summed E-state index contributed by atoms with van der Waals surface area (Å²) in [6.45, 7) is 9.66. The summed E-state index contributed by atoms with van der Waals surface area (Å²) in [6, 6.07) is 10.7. The van der Waals surface area contributed by atoms with E-state index < -0.39 is 46.6 Å². The van der Waals surface area contributed by atoms with Crippen molar-refractivity contribution in [3.63, 3.8) is 0 Å². The number of nitrogens with zero attached hydrogens (tertiary/aromatic N) is 4. The van der Waals surface area contributed by atoms with Crippen LogP contribution < -0.4 is 0 Å². The normalized spacial score (nSPS) is 18.8. The molecule has 12 heteroatoms. The van der Waals surface area contributed by atoms with E-state index in [2.05, 4.69) is 10.0 Å². The molecule has 1 aliphatic rings. The molecule has 0 radical (unpaired) electrons. The molecule has 226 valence electrons. The Morgan fingerprint density at radius 2 is 1.74 bits per heavy atom. The third kappa shape index (κ3) is 8.59. The van der Waals surface area contributed by atoms with Crippen molar-refractivity contribution in [1.82, 2.24) is 4.90 Å². The van der Waals surface area contributed by atoms with Crippen LogP contribution in [0, 0.1) is 11.2 Å². The molecule has 1 fully saturated rings. The maximum Gasteiger partial charge on any atom is 0.508 e. The van der Waals surface area contributed by atoms with Crippen LogP contribution in [0.2, 0.25) is 5.02 Å². The summed E-state index contributed by atoms with van der Waals surface area (Å²) < 4.78 is 30.6. The van der Waals surface area contributed by atoms with Gasteiger partial charge in [-0.15, -0.1) is 0 Å². The maximum absolute atomic E-state index is 14.4. The summed E-state index contributed by atoms with van der Waals surface area (Å²) in [5.74, 6) is -1.02. The van der Waals surface area contributed by atoms with Crippen LogP contribution in [0.5, 0.6) is 0 Å². The number of rotatable bonds is 8. The second kappa shape index (κ2) is 13.0. The minimum Gasteiger partial charge on any atom is -0.443 e. The van der Waals surface area contributed by atoms with Crippen molar-refractivity contribution in [3.8, 4) is 11.1 Å². The van der Waals surface area contributed by atoms with E-state index in [0.29, 0.717) is 16.1 Å². The lowest BCUT2D eigenvalue weighted by atomic mass is 9.81. The molecule has 1 heterocycles. The quantitative estimate of drug-likeness (QED) is 0.131. The van der Waals surface area contributed by atoms with Crippen molar-refractivity contribution in [2.24, 2.45) is 10.5 Å². The summed E-state index contributed by atoms with van der Waals surface area (Å²) in [5, 5.41) is 3.97. The van der Waals surface area contributed by atoms with Gasteiger partial charge in [-0.05, 0) is 95.7 Å². The lowest BCUT2D eigenvalue weighted by Gasteiger charge is -2.29. The van der Waals surface area contributed by atoms with E-state index in [1.807, 2.05) is 0 Å². The van der Waals surface area contributed by atoms with Crippen molar-refractivity contribution >= 4 is 29.8 Å². The van der Waals surface area contributed by atoms with E-state index >= 15 is 0 Å². The Morgan fingerprint density at radius 3 is 2.33 bits per heavy atom. The summed E-state index contributed by atoms with van der Waals surface area (Å²) in [7, 11) is 0. The van der Waals surface area contributed by atoms with Gasteiger partial charge < -0.3 is 14.2 Å². The highest BCUT2D eigenvalue weighted by Crippen LogP contribution is 2.42. The molecule has 0 N–H and O–H groups in total. The first kappa shape index (κ1) is 32.7. The van der Waals surface area contributed by atoms with Crippen molar-refractivity contribution in [1.29, 1.82) is 0 Å². The van der Waals surface area contributed by atoms with E-state index in [4.69, 9.17) is 31.3 Å². The van der Waals surface area contributed by atoms with Gasteiger partial charge in [0.25, 0.3) is 0 Å². The lowest BCUT2D eigenvalue weighted by Crippen LogP contribution is -2.46. The Hall–Kier alpha value is -3.82. The number of azide groups is 1. The third-order valence-electron chi connectivity index (χ3n) is 6.53. The second-order valence-corrected chi connectivity index (χ2v) is 12.7. The molecular formula is C30H36ClFN4O6. The topological polar surface area (TPSA) is 131 Å². The van der Waals surface area contributed by atoms with Crippen LogP contribution in [0.15, 0.2) is 47.6 Å². The molecule has 1 unspecified atom stereocenters. The van der Waals surface area contributed by atoms with Crippen molar-refractivity contribution in [3.05, 3.63) is 69.3 Å². The SMILES string of the molecule is CC(C)(C)OC(=O)OCC1(CCN=[N+]=[N-])C[C@@H](Cc2ccc(-c3cc(Cl)ccc3F)cc2)N(C(=O)OC(C)(C)C)C1=O. The van der Waals surface area contributed by atoms with Gasteiger partial charge in [-0.1, -0.05) is 41.0 Å². The number of hydrogen-bond acceptors (Lipinski definition) is 7. The zero-order valence-electron chi connectivity index (χ0n) is 24.6. The fourth-order valence-corrected chi connectivity index (χ4v) is 4.93. The van der Waals surface area contributed by atoms with Crippen molar-refractivity contribution in [2.75, 3.05) is 13.2 Å². The molecule has 0 aliphatic carbocycles. The largest absolute Gasteiger partial charge is 0.508 e. The van der Waals surface area contributed by atoms with E-state index in [1.165, 1.54) is 18.2 Å². The fraction of sp³-hybridized carbons (Fsp3) is 0.500. The van der Waals surface area contributed by atoms with E-state index in [-0.39, 0.29) is 32.4 Å². The first-order valence-electron chi connectivity index (χ1n) is 13.5. The van der Waals surface area contributed by atoms with Gasteiger partial charge in [-0.3, -0.25) is 4.79 Å². The molecule has 1 saturated heterocycles. The first-order chi connectivity index (χ1) is 19.5. The van der Waals surface area contributed by atoms with Crippen LogP contribution in [0.3, 0.4) is 0 Å². The van der Waals surface area contributed by atoms with E-state index in [9.17, 15) is 18.8 Å². The van der Waals surface area contributed by atoms with Gasteiger partial charge in [0, 0.05) is 28.1 Å². The Kier molecular flexibility index (Phi) is 10.1. The summed E-state index contributed by atoms with van der Waals surface area (Å²) >= 11 is 6.05. The van der Waals surface area contributed by atoms with Crippen LogP contribution in [-0.2, 0) is 25.4 Å². The predicted octanol–water partition coefficient (Wildman–Crippen LogP) is 7.86. The number of imide groups is 1. The molecule has 2 atom stereocenters. The zero-order valence-corrected chi connectivity index (χ0v) is 25.4. The molecule has 3 rings (SSSR count). The van der Waals surface area contributed by atoms with Gasteiger partial charge in [0.1, 0.15) is 23.6 Å². The van der Waals surface area contributed by atoms with Crippen LogP contribution in [0.4, 0.5) is 14.0 Å². The second-order valence-electron chi connectivity index (χ2n) is 12.3. The Bertz CT molecular complexity index is 1370. The van der Waals surface area contributed by atoms with Crippen LogP contribution in [0.1, 0.15) is 59.9 Å². The Morgan fingerprint density at radius 1 is 1.10 bits per heavy atom. The zero-order chi connectivity index (χ0) is 31.3. The minimum atomic E-state index is -1.36. The molecule has 0 spiro atoms. The molecule has 0 aromatic heterocycles. The molecule has 1 aliphatic heterocycles. The monoisotopic (exact) mass is 602 g/mol. The van der Waals surface area contributed by atoms with Gasteiger partial charge in [-0.25, -0.2) is 18.9 Å². The molecule has 0 bridgehead atoms. The van der Waals surface area contributed by atoms with Crippen molar-refractivity contribution < 1.29 is 33.0 Å². The number of amides is 2. The molecule has 2 amide bonds.